The van der Waals surface area contributed by atoms with E-state index in [-0.39, 0.29) is 12.9 Å². The minimum Gasteiger partial charge on any atom is -0.459 e. The summed E-state index contributed by atoms with van der Waals surface area (Å²) in [5.74, 6) is -1.82. The molecule has 3 heterocycles. The number of allylic oxidation sites excluding steroid dienone is 2. The molecule has 2 fully saturated rings. The van der Waals surface area contributed by atoms with E-state index in [0.29, 0.717) is 35.7 Å². The molecule has 0 radical (unpaired) electrons. The average Bonchev–Trinajstić information content (AvgIpc) is 3.47. The van der Waals surface area contributed by atoms with Gasteiger partial charge in [0.25, 0.3) is 0 Å². The number of carbonyl (C=O) groups excluding carboxylic acids is 3. The molecule has 2 aromatic rings. The fourth-order valence-corrected chi connectivity index (χ4v) is 6.16. The van der Waals surface area contributed by atoms with E-state index in [9.17, 15) is 24.5 Å². The van der Waals surface area contributed by atoms with Crippen LogP contribution >= 0.6 is 0 Å². The average molecular weight is 519 g/mol. The molecule has 38 heavy (non-hydrogen) atoms. The van der Waals surface area contributed by atoms with E-state index in [1.807, 2.05) is 43.3 Å². The third-order valence-electron chi connectivity index (χ3n) is 7.78. The van der Waals surface area contributed by atoms with Crippen LogP contribution in [0.5, 0.6) is 0 Å². The van der Waals surface area contributed by atoms with Gasteiger partial charge in [-0.15, -0.1) is 0 Å². The number of furan rings is 1. The summed E-state index contributed by atoms with van der Waals surface area (Å²) in [7, 11) is 0.0378. The van der Waals surface area contributed by atoms with Gasteiger partial charge in [0.05, 0.1) is 25.0 Å². The highest BCUT2D eigenvalue weighted by atomic mass is 16.5. The van der Waals surface area contributed by atoms with E-state index >= 15 is 0 Å². The Bertz CT molecular complexity index is 1300. The first-order valence-corrected chi connectivity index (χ1v) is 12.8. The number of nitrogens with zero attached hydrogens (tertiary/aromatic N) is 1. The second-order valence-corrected chi connectivity index (χ2v) is 10.0. The quantitative estimate of drug-likeness (QED) is 0.336. The predicted octanol–water partition coefficient (Wildman–Crippen LogP) is 3.68. The second-order valence-electron chi connectivity index (χ2n) is 10.0. The first-order chi connectivity index (χ1) is 18.3. The molecule has 5 rings (SSSR count). The van der Waals surface area contributed by atoms with Gasteiger partial charge < -0.3 is 23.9 Å². The maximum atomic E-state index is 13.2. The molecule has 198 valence electrons. The SMILES string of the molecule is COC(=O)N1C(=O)[C@@H]2[C@@H](CC(C)=C3[C@@H](CC/C(=C/c4ccc(CO)o4)c4ccccc4)OB(O)C[C@@H]32)C1=O. The molecule has 0 unspecified atom stereocenters. The zero-order valence-electron chi connectivity index (χ0n) is 21.3. The van der Waals surface area contributed by atoms with Crippen LogP contribution in [0.1, 0.15) is 43.3 Å². The zero-order valence-corrected chi connectivity index (χ0v) is 21.3. The third-order valence-corrected chi connectivity index (χ3v) is 7.78. The number of hydrogen-bond donors (Lipinski definition) is 2. The maximum absolute atomic E-state index is 13.2. The van der Waals surface area contributed by atoms with Crippen LogP contribution in [0.3, 0.4) is 0 Å². The molecule has 2 N–H and O–H groups in total. The van der Waals surface area contributed by atoms with Gasteiger partial charge in [-0.25, -0.2) is 4.79 Å². The summed E-state index contributed by atoms with van der Waals surface area (Å²) in [4.78, 5) is 39.0. The molecule has 4 atom stereocenters. The van der Waals surface area contributed by atoms with Crippen molar-refractivity contribution in [2.75, 3.05) is 7.11 Å². The first-order valence-electron chi connectivity index (χ1n) is 12.8. The zero-order chi connectivity index (χ0) is 27.0. The Kier molecular flexibility index (Phi) is 7.38. The highest BCUT2D eigenvalue weighted by Gasteiger charge is 2.58. The lowest BCUT2D eigenvalue weighted by Gasteiger charge is -2.42. The van der Waals surface area contributed by atoms with Gasteiger partial charge in [-0.1, -0.05) is 35.9 Å². The molecule has 10 heteroatoms. The Hall–Kier alpha value is -3.47. The van der Waals surface area contributed by atoms with Crippen LogP contribution in [0.15, 0.2) is 58.0 Å². The van der Waals surface area contributed by atoms with Crippen molar-refractivity contribution in [1.82, 2.24) is 4.90 Å². The van der Waals surface area contributed by atoms with Crippen molar-refractivity contribution in [2.45, 2.75) is 45.2 Å². The normalized spacial score (nSPS) is 25.5. The highest BCUT2D eigenvalue weighted by Crippen LogP contribution is 2.50. The molecule has 3 aliphatic rings. The summed E-state index contributed by atoms with van der Waals surface area (Å²) in [6.45, 7) is 1.74. The van der Waals surface area contributed by atoms with Crippen LogP contribution in [-0.4, -0.2) is 53.3 Å². The monoisotopic (exact) mass is 519 g/mol. The van der Waals surface area contributed by atoms with E-state index < -0.39 is 48.9 Å². The number of imide groups is 3. The van der Waals surface area contributed by atoms with Crippen molar-refractivity contribution in [3.63, 3.8) is 0 Å². The predicted molar refractivity (Wildman–Crippen MR) is 138 cm³/mol. The number of hydrogen-bond acceptors (Lipinski definition) is 8. The smallest absolute Gasteiger partial charge is 0.455 e. The fourth-order valence-electron chi connectivity index (χ4n) is 6.16. The molecule has 0 saturated carbocycles. The number of likely N-dealkylation sites (tertiary alicyclic amines) is 1. The van der Waals surface area contributed by atoms with Crippen molar-refractivity contribution in [3.05, 3.63) is 70.7 Å². The van der Waals surface area contributed by atoms with Gasteiger partial charge in [0, 0.05) is 0 Å². The number of amides is 3. The number of ether oxygens (including phenoxy) is 1. The van der Waals surface area contributed by atoms with Crippen LogP contribution < -0.4 is 0 Å². The standard InChI is InChI=1S/C28H30BNO8/c1-16-12-21-25(27(33)30(26(21)32)28(34)36-2)22-14-29(35)38-23(24(16)22)11-8-18(17-6-4-3-5-7-17)13-19-9-10-20(15-31)37-19/h3-7,9-10,13,21-23,25,31,35H,8,11-12,14-15H2,1-2H3/b18-13-/t21-,22+,23-,25-/m1/s1. The number of fused-ring (bicyclic) bond motifs is 3. The number of aliphatic hydroxyl groups is 1. The number of benzene rings is 1. The topological polar surface area (TPSA) is 127 Å². The Labute approximate surface area is 220 Å². The lowest BCUT2D eigenvalue weighted by molar-refractivity contribution is -0.137. The molecule has 0 bridgehead atoms. The number of aliphatic hydroxyl groups excluding tert-OH is 1. The number of methoxy groups -OCH3 is 1. The van der Waals surface area contributed by atoms with E-state index in [2.05, 4.69) is 4.74 Å². The molecule has 3 amide bonds. The van der Waals surface area contributed by atoms with Gasteiger partial charge in [-0.2, -0.15) is 4.90 Å². The van der Waals surface area contributed by atoms with Gasteiger partial charge in [0.15, 0.2) is 0 Å². The van der Waals surface area contributed by atoms with E-state index in [0.717, 1.165) is 29.4 Å². The van der Waals surface area contributed by atoms with Crippen LogP contribution in [0.2, 0.25) is 6.32 Å². The van der Waals surface area contributed by atoms with Crippen molar-refractivity contribution >= 4 is 36.7 Å². The molecule has 1 aliphatic carbocycles. The lowest BCUT2D eigenvalue weighted by Crippen LogP contribution is -2.46. The summed E-state index contributed by atoms with van der Waals surface area (Å²) in [5, 5.41) is 20.0. The number of rotatable bonds is 6. The van der Waals surface area contributed by atoms with Gasteiger partial charge in [0.2, 0.25) is 11.8 Å². The lowest BCUT2D eigenvalue weighted by atomic mass is 9.58. The van der Waals surface area contributed by atoms with E-state index in [4.69, 9.17) is 9.07 Å². The summed E-state index contributed by atoms with van der Waals surface area (Å²) in [5.41, 5.74) is 3.87. The van der Waals surface area contributed by atoms with Crippen LogP contribution in [0, 0.1) is 17.8 Å². The third kappa shape index (κ3) is 4.75. The Morgan fingerprint density at radius 2 is 1.92 bits per heavy atom. The summed E-state index contributed by atoms with van der Waals surface area (Å²) < 4.78 is 16.4. The van der Waals surface area contributed by atoms with E-state index in [1.54, 1.807) is 12.1 Å². The molecule has 2 aliphatic heterocycles. The second kappa shape index (κ2) is 10.7. The Morgan fingerprint density at radius 3 is 2.61 bits per heavy atom. The van der Waals surface area contributed by atoms with Gasteiger partial charge in [-0.3, -0.25) is 9.59 Å². The molecular formula is C28H30BNO8. The summed E-state index contributed by atoms with van der Waals surface area (Å²) in [6.07, 6.45) is 2.12. The molecule has 1 aromatic heterocycles. The number of carbonyl (C=O) groups is 3. The van der Waals surface area contributed by atoms with Crippen LogP contribution in [0.4, 0.5) is 4.79 Å². The molecule has 1 aromatic carbocycles. The van der Waals surface area contributed by atoms with Crippen molar-refractivity contribution in [1.29, 1.82) is 0 Å². The van der Waals surface area contributed by atoms with Crippen LogP contribution in [-0.2, 0) is 25.6 Å². The van der Waals surface area contributed by atoms with Gasteiger partial charge >= 0.3 is 13.2 Å². The Balaban J connectivity index is 1.43. The van der Waals surface area contributed by atoms with Gasteiger partial charge in [0.1, 0.15) is 18.1 Å². The first kappa shape index (κ1) is 26.2. The summed E-state index contributed by atoms with van der Waals surface area (Å²) in [6, 6.07) is 13.4. The maximum Gasteiger partial charge on any atom is 0.455 e. The highest BCUT2D eigenvalue weighted by molar-refractivity contribution is 6.43. The molecule has 0 spiro atoms. The van der Waals surface area contributed by atoms with Gasteiger partial charge in [-0.05, 0) is 73.3 Å². The summed E-state index contributed by atoms with van der Waals surface area (Å²) >= 11 is 0. The van der Waals surface area contributed by atoms with E-state index in [1.165, 1.54) is 0 Å². The minimum absolute atomic E-state index is 0.177. The van der Waals surface area contributed by atoms with Crippen molar-refractivity contribution in [3.8, 4) is 0 Å². The fraction of sp³-hybridized carbons (Fsp3) is 0.393. The Morgan fingerprint density at radius 1 is 1.16 bits per heavy atom. The molecular weight excluding hydrogens is 489 g/mol. The molecule has 2 saturated heterocycles. The van der Waals surface area contributed by atoms with Crippen molar-refractivity contribution in [2.24, 2.45) is 17.8 Å². The molecule has 9 nitrogen and oxygen atoms in total. The van der Waals surface area contributed by atoms with Crippen molar-refractivity contribution < 1.29 is 38.3 Å². The largest absolute Gasteiger partial charge is 0.459 e. The van der Waals surface area contributed by atoms with Crippen LogP contribution in [0.25, 0.3) is 11.6 Å². The minimum atomic E-state index is -1.10.